The van der Waals surface area contributed by atoms with E-state index in [0.717, 1.165) is 50.4 Å². The third-order valence-corrected chi connectivity index (χ3v) is 6.24. The van der Waals surface area contributed by atoms with Gasteiger partial charge < -0.3 is 4.90 Å². The molecule has 0 radical (unpaired) electrons. The molecule has 1 atom stereocenters. The fraction of sp³-hybridized carbons (Fsp3) is 0.650. The van der Waals surface area contributed by atoms with Gasteiger partial charge in [0.2, 0.25) is 0 Å². The van der Waals surface area contributed by atoms with Crippen molar-refractivity contribution in [1.82, 2.24) is 29.4 Å². The Morgan fingerprint density at radius 2 is 1.96 bits per heavy atom. The highest BCUT2D eigenvalue weighted by molar-refractivity contribution is 5.95. The Hall–Kier alpha value is -2.15. The Bertz CT molecular complexity index is 820. The van der Waals surface area contributed by atoms with E-state index in [9.17, 15) is 4.79 Å². The highest BCUT2D eigenvalue weighted by atomic mass is 16.2. The molecule has 0 N–H and O–H groups in total. The van der Waals surface area contributed by atoms with Gasteiger partial charge in [-0.15, -0.1) is 0 Å². The van der Waals surface area contributed by atoms with Gasteiger partial charge in [-0.2, -0.15) is 10.2 Å². The van der Waals surface area contributed by atoms with Gasteiger partial charge in [-0.1, -0.05) is 0 Å². The second-order valence-electron chi connectivity index (χ2n) is 8.39. The van der Waals surface area contributed by atoms with E-state index < -0.39 is 0 Å². The molecule has 0 aromatic carbocycles. The molecule has 2 fully saturated rings. The number of carbonyl (C=O) groups excluding carboxylic acids is 1. The topological polar surface area (TPSA) is 59.2 Å². The number of rotatable bonds is 3. The molecule has 1 amide bonds. The molecular formula is C20H30N6O. The van der Waals surface area contributed by atoms with Gasteiger partial charge >= 0.3 is 0 Å². The van der Waals surface area contributed by atoms with Crippen molar-refractivity contribution >= 4 is 5.91 Å². The summed E-state index contributed by atoms with van der Waals surface area (Å²) < 4.78 is 3.70. The summed E-state index contributed by atoms with van der Waals surface area (Å²) in [5.41, 5.74) is 3.04. The van der Waals surface area contributed by atoms with E-state index in [0.29, 0.717) is 0 Å². The average molecular weight is 371 g/mol. The van der Waals surface area contributed by atoms with Crippen molar-refractivity contribution in [3.8, 4) is 0 Å². The number of carbonyl (C=O) groups is 1. The Kier molecular flexibility index (Phi) is 4.80. The second-order valence-corrected chi connectivity index (χ2v) is 8.39. The van der Waals surface area contributed by atoms with Gasteiger partial charge in [-0.25, -0.2) is 0 Å². The van der Waals surface area contributed by atoms with E-state index in [1.807, 2.05) is 38.1 Å². The minimum absolute atomic E-state index is 0.142. The van der Waals surface area contributed by atoms with Crippen LogP contribution in [0, 0.1) is 12.3 Å². The smallest absolute Gasteiger partial charge is 0.257 e. The van der Waals surface area contributed by atoms with E-state index in [1.54, 1.807) is 4.68 Å². The number of hydrogen-bond donors (Lipinski definition) is 0. The van der Waals surface area contributed by atoms with E-state index in [-0.39, 0.29) is 11.3 Å². The van der Waals surface area contributed by atoms with Gasteiger partial charge in [0, 0.05) is 58.1 Å². The zero-order valence-corrected chi connectivity index (χ0v) is 16.7. The molecule has 1 unspecified atom stereocenters. The molecule has 4 heterocycles. The summed E-state index contributed by atoms with van der Waals surface area (Å²) in [6.07, 6.45) is 8.44. The number of nitrogens with zero attached hydrogens (tertiary/aromatic N) is 6. The molecule has 2 aliphatic heterocycles. The highest BCUT2D eigenvalue weighted by Gasteiger charge is 2.41. The van der Waals surface area contributed by atoms with Crippen LogP contribution in [0.25, 0.3) is 0 Å². The predicted molar refractivity (Wildman–Crippen MR) is 103 cm³/mol. The maximum atomic E-state index is 13.1. The Labute approximate surface area is 160 Å². The lowest BCUT2D eigenvalue weighted by Crippen LogP contribution is -2.53. The van der Waals surface area contributed by atoms with Crippen molar-refractivity contribution in [3.05, 3.63) is 35.4 Å². The molecule has 0 saturated carbocycles. The summed E-state index contributed by atoms with van der Waals surface area (Å²) in [6, 6.07) is 2.10. The molecule has 2 aromatic rings. The number of aromatic nitrogens is 4. The first-order chi connectivity index (χ1) is 13.0. The van der Waals surface area contributed by atoms with Gasteiger partial charge in [0.1, 0.15) is 0 Å². The quantitative estimate of drug-likeness (QED) is 0.829. The van der Waals surface area contributed by atoms with E-state index in [1.165, 1.54) is 25.0 Å². The van der Waals surface area contributed by atoms with Crippen LogP contribution in [0.3, 0.4) is 0 Å². The van der Waals surface area contributed by atoms with E-state index in [4.69, 9.17) is 0 Å². The molecule has 1 spiro atoms. The highest BCUT2D eigenvalue weighted by Crippen LogP contribution is 2.39. The van der Waals surface area contributed by atoms with E-state index in [2.05, 4.69) is 26.1 Å². The maximum Gasteiger partial charge on any atom is 0.257 e. The van der Waals surface area contributed by atoms with Crippen molar-refractivity contribution < 1.29 is 4.79 Å². The first-order valence-corrected chi connectivity index (χ1v) is 9.95. The predicted octanol–water partition coefficient (Wildman–Crippen LogP) is 1.98. The zero-order chi connectivity index (χ0) is 19.0. The van der Waals surface area contributed by atoms with Gasteiger partial charge in [0.15, 0.2) is 0 Å². The average Bonchev–Trinajstić information content (AvgIpc) is 3.19. The van der Waals surface area contributed by atoms with Crippen molar-refractivity contribution in [2.24, 2.45) is 19.5 Å². The fourth-order valence-corrected chi connectivity index (χ4v) is 4.92. The van der Waals surface area contributed by atoms with Crippen LogP contribution < -0.4 is 0 Å². The Morgan fingerprint density at radius 3 is 2.63 bits per heavy atom. The lowest BCUT2D eigenvalue weighted by molar-refractivity contribution is 0.0107. The van der Waals surface area contributed by atoms with Crippen LogP contribution in [0.4, 0.5) is 0 Å². The number of likely N-dealkylation sites (tertiary alicyclic amines) is 2. The summed E-state index contributed by atoms with van der Waals surface area (Å²) in [4.78, 5) is 17.7. The summed E-state index contributed by atoms with van der Waals surface area (Å²) >= 11 is 0. The monoisotopic (exact) mass is 370 g/mol. The normalized spacial score (nSPS) is 23.9. The molecule has 0 aliphatic carbocycles. The minimum Gasteiger partial charge on any atom is -0.338 e. The number of amides is 1. The Balaban J connectivity index is 1.47. The first-order valence-electron chi connectivity index (χ1n) is 9.95. The molecule has 4 rings (SSSR count). The van der Waals surface area contributed by atoms with Crippen LogP contribution in [0.1, 0.15) is 47.4 Å². The van der Waals surface area contributed by atoms with Crippen LogP contribution in [0.15, 0.2) is 18.5 Å². The van der Waals surface area contributed by atoms with E-state index >= 15 is 0 Å². The third kappa shape index (κ3) is 3.65. The fourth-order valence-electron chi connectivity index (χ4n) is 4.92. The summed E-state index contributed by atoms with van der Waals surface area (Å²) in [5.74, 6) is 0.142. The van der Waals surface area contributed by atoms with Crippen LogP contribution in [-0.4, -0.2) is 61.4 Å². The molecule has 2 saturated heterocycles. The van der Waals surface area contributed by atoms with Gasteiger partial charge in [0.05, 0.1) is 17.0 Å². The van der Waals surface area contributed by atoms with Crippen LogP contribution in [-0.2, 0) is 20.6 Å². The molecule has 2 aromatic heterocycles. The van der Waals surface area contributed by atoms with Crippen molar-refractivity contribution in [1.29, 1.82) is 0 Å². The summed E-state index contributed by atoms with van der Waals surface area (Å²) in [7, 11) is 3.88. The van der Waals surface area contributed by atoms with Gasteiger partial charge in [-0.3, -0.25) is 19.1 Å². The number of hydrogen-bond acceptors (Lipinski definition) is 4. The molecule has 146 valence electrons. The lowest BCUT2D eigenvalue weighted by Gasteiger charge is -2.48. The number of piperidine rings is 2. The second kappa shape index (κ2) is 7.11. The standard InChI is InChI=1S/C20H30N6O/c1-16-18(13-23(2)22-16)19(27)26-11-5-8-20(15-26)7-4-10-25(14-20)12-17-6-9-21-24(17)3/h6,9,13H,4-5,7-8,10-12,14-15H2,1-3H3. The van der Waals surface area contributed by atoms with Gasteiger partial charge in [-0.05, 0) is 45.2 Å². The molecule has 27 heavy (non-hydrogen) atoms. The Morgan fingerprint density at radius 1 is 1.19 bits per heavy atom. The molecule has 7 heteroatoms. The number of aryl methyl sites for hydroxylation is 3. The van der Waals surface area contributed by atoms with Crippen molar-refractivity contribution in [2.45, 2.75) is 39.2 Å². The lowest BCUT2D eigenvalue weighted by atomic mass is 9.73. The first kappa shape index (κ1) is 18.2. The van der Waals surface area contributed by atoms with Crippen LogP contribution in [0.5, 0.6) is 0 Å². The largest absolute Gasteiger partial charge is 0.338 e. The summed E-state index contributed by atoms with van der Waals surface area (Å²) in [6.45, 7) is 6.77. The maximum absolute atomic E-state index is 13.1. The molecular weight excluding hydrogens is 340 g/mol. The zero-order valence-electron chi connectivity index (χ0n) is 16.7. The van der Waals surface area contributed by atoms with Gasteiger partial charge in [0.25, 0.3) is 5.91 Å². The van der Waals surface area contributed by atoms with Crippen molar-refractivity contribution in [2.75, 3.05) is 26.2 Å². The van der Waals surface area contributed by atoms with Crippen LogP contribution in [0.2, 0.25) is 0 Å². The molecule has 0 bridgehead atoms. The SMILES string of the molecule is Cc1nn(C)cc1C(=O)N1CCCC2(CCCN(Cc3ccnn3C)C2)C1. The van der Waals surface area contributed by atoms with Crippen molar-refractivity contribution in [3.63, 3.8) is 0 Å². The molecule has 2 aliphatic rings. The van der Waals surface area contributed by atoms with Crippen LogP contribution >= 0.6 is 0 Å². The molecule has 7 nitrogen and oxygen atoms in total. The third-order valence-electron chi connectivity index (χ3n) is 6.24. The summed E-state index contributed by atoms with van der Waals surface area (Å²) in [5, 5.41) is 8.64. The minimum atomic E-state index is 0.142.